The van der Waals surface area contributed by atoms with Crippen molar-refractivity contribution in [2.45, 2.75) is 26.7 Å². The molecule has 1 atom stereocenters. The number of amides is 1. The highest BCUT2D eigenvalue weighted by Crippen LogP contribution is 2.32. The second-order valence-corrected chi connectivity index (χ2v) is 7.95. The minimum atomic E-state index is -0.276. The van der Waals surface area contributed by atoms with E-state index >= 15 is 0 Å². The molecular formula is C17H16ClN3OS2. The Bertz CT molecular complexity index is 870. The zero-order valence-electron chi connectivity index (χ0n) is 13.5. The lowest BCUT2D eigenvalue weighted by Gasteiger charge is -2.11. The maximum atomic E-state index is 12.4. The number of benzene rings is 1. The van der Waals surface area contributed by atoms with E-state index in [1.165, 1.54) is 11.3 Å². The predicted molar refractivity (Wildman–Crippen MR) is 101 cm³/mol. The van der Waals surface area contributed by atoms with E-state index < -0.39 is 0 Å². The molecule has 124 valence electrons. The van der Waals surface area contributed by atoms with Gasteiger partial charge in [-0.05, 0) is 38.5 Å². The Kier molecular flexibility index (Phi) is 4.99. The first-order chi connectivity index (χ1) is 11.4. The average molecular weight is 378 g/mol. The van der Waals surface area contributed by atoms with Gasteiger partial charge in [0, 0.05) is 10.4 Å². The summed E-state index contributed by atoms with van der Waals surface area (Å²) in [5, 5.41) is 7.11. The molecule has 0 radical (unpaired) electrons. The Morgan fingerprint density at radius 2 is 1.92 bits per heavy atom. The summed E-state index contributed by atoms with van der Waals surface area (Å²) in [7, 11) is 0. The Hall–Kier alpha value is -1.76. The van der Waals surface area contributed by atoms with Crippen LogP contribution < -0.4 is 5.32 Å². The van der Waals surface area contributed by atoms with Crippen LogP contribution >= 0.6 is 34.3 Å². The van der Waals surface area contributed by atoms with E-state index in [-0.39, 0.29) is 11.8 Å². The van der Waals surface area contributed by atoms with Crippen molar-refractivity contribution in [2.75, 3.05) is 5.32 Å². The van der Waals surface area contributed by atoms with Crippen molar-refractivity contribution in [3.8, 4) is 10.6 Å². The molecule has 4 nitrogen and oxygen atoms in total. The first-order valence-electron chi connectivity index (χ1n) is 7.40. The molecule has 1 aromatic carbocycles. The molecule has 1 unspecified atom stereocenters. The fourth-order valence-corrected chi connectivity index (χ4v) is 4.11. The van der Waals surface area contributed by atoms with Gasteiger partial charge in [-0.1, -0.05) is 23.7 Å². The first-order valence-corrected chi connectivity index (χ1v) is 9.47. The molecule has 1 amide bonds. The summed E-state index contributed by atoms with van der Waals surface area (Å²) in [6, 6.07) is 7.31. The molecule has 24 heavy (non-hydrogen) atoms. The fourth-order valence-electron chi connectivity index (χ4n) is 2.32. The fraction of sp³-hybridized carbons (Fsp3) is 0.235. The van der Waals surface area contributed by atoms with Crippen LogP contribution in [0.3, 0.4) is 0 Å². The molecule has 0 fully saturated rings. The molecule has 2 heterocycles. The molecule has 2 aromatic heterocycles. The van der Waals surface area contributed by atoms with Gasteiger partial charge < -0.3 is 5.32 Å². The normalized spacial score (nSPS) is 12.2. The number of anilines is 1. The molecule has 0 bridgehead atoms. The number of carbonyl (C=O) groups excluding carboxylic acids is 1. The Balaban J connectivity index is 1.73. The minimum Gasteiger partial charge on any atom is -0.301 e. The van der Waals surface area contributed by atoms with Gasteiger partial charge in [-0.2, -0.15) is 0 Å². The minimum absolute atomic E-state index is 0.0876. The number of hydrogen-bond donors (Lipinski definition) is 1. The average Bonchev–Trinajstić information content (AvgIpc) is 3.13. The Labute approximate surface area is 153 Å². The van der Waals surface area contributed by atoms with Crippen LogP contribution in [-0.2, 0) is 4.79 Å². The van der Waals surface area contributed by atoms with E-state index in [2.05, 4.69) is 15.3 Å². The van der Waals surface area contributed by atoms with Crippen LogP contribution in [0.5, 0.6) is 0 Å². The van der Waals surface area contributed by atoms with E-state index in [9.17, 15) is 4.79 Å². The number of nitrogens with one attached hydrogen (secondary N) is 1. The lowest BCUT2D eigenvalue weighted by molar-refractivity contribution is -0.117. The molecule has 0 spiro atoms. The van der Waals surface area contributed by atoms with Gasteiger partial charge in [0.1, 0.15) is 0 Å². The Morgan fingerprint density at radius 1 is 1.21 bits per heavy atom. The number of halogens is 1. The van der Waals surface area contributed by atoms with Gasteiger partial charge in [0.15, 0.2) is 5.13 Å². The second-order valence-electron chi connectivity index (χ2n) is 5.45. The molecule has 0 saturated carbocycles. The summed E-state index contributed by atoms with van der Waals surface area (Å²) < 4.78 is 0. The van der Waals surface area contributed by atoms with Crippen LogP contribution in [0.15, 0.2) is 29.6 Å². The highest BCUT2D eigenvalue weighted by molar-refractivity contribution is 7.16. The SMILES string of the molecule is Cc1nc(C)c(-c2csc(NC(=O)C(C)c3ccc(Cl)cc3)n2)s1. The molecule has 7 heteroatoms. The largest absolute Gasteiger partial charge is 0.301 e. The smallest absolute Gasteiger partial charge is 0.233 e. The van der Waals surface area contributed by atoms with E-state index in [1.54, 1.807) is 23.5 Å². The van der Waals surface area contributed by atoms with Crippen LogP contribution in [0.2, 0.25) is 5.02 Å². The van der Waals surface area contributed by atoms with E-state index in [4.69, 9.17) is 11.6 Å². The highest BCUT2D eigenvalue weighted by Gasteiger charge is 2.18. The highest BCUT2D eigenvalue weighted by atomic mass is 35.5. The summed E-state index contributed by atoms with van der Waals surface area (Å²) in [5.74, 6) is -0.363. The molecule has 0 aliphatic heterocycles. The third kappa shape index (κ3) is 3.66. The lowest BCUT2D eigenvalue weighted by atomic mass is 10.0. The predicted octanol–water partition coefficient (Wildman–Crippen LogP) is 5.28. The van der Waals surface area contributed by atoms with Crippen LogP contribution in [0, 0.1) is 13.8 Å². The monoisotopic (exact) mass is 377 g/mol. The van der Waals surface area contributed by atoms with Crippen molar-refractivity contribution < 1.29 is 4.79 Å². The number of thiazole rings is 2. The van der Waals surface area contributed by atoms with E-state index in [0.29, 0.717) is 10.2 Å². The van der Waals surface area contributed by atoms with Gasteiger partial charge in [-0.25, -0.2) is 9.97 Å². The molecular weight excluding hydrogens is 362 g/mol. The first kappa shape index (κ1) is 17.1. The summed E-state index contributed by atoms with van der Waals surface area (Å²) in [6.45, 7) is 5.81. The summed E-state index contributed by atoms with van der Waals surface area (Å²) in [4.78, 5) is 22.4. The quantitative estimate of drug-likeness (QED) is 0.673. The van der Waals surface area contributed by atoms with Crippen molar-refractivity contribution in [3.63, 3.8) is 0 Å². The van der Waals surface area contributed by atoms with Crippen LogP contribution in [0.1, 0.15) is 29.1 Å². The summed E-state index contributed by atoms with van der Waals surface area (Å²) >= 11 is 8.92. The van der Waals surface area contributed by atoms with Crippen molar-refractivity contribution in [2.24, 2.45) is 0 Å². The number of aryl methyl sites for hydroxylation is 2. The maximum Gasteiger partial charge on any atom is 0.233 e. The van der Waals surface area contributed by atoms with E-state index in [0.717, 1.165) is 26.8 Å². The topological polar surface area (TPSA) is 54.9 Å². The summed E-state index contributed by atoms with van der Waals surface area (Å²) in [5.41, 5.74) is 2.75. The van der Waals surface area contributed by atoms with Crippen LogP contribution in [0.25, 0.3) is 10.6 Å². The van der Waals surface area contributed by atoms with Gasteiger partial charge >= 0.3 is 0 Å². The van der Waals surface area contributed by atoms with Crippen molar-refractivity contribution in [1.29, 1.82) is 0 Å². The standard InChI is InChI=1S/C17H16ClN3OS2/c1-9(12-4-6-13(18)7-5-12)16(22)21-17-20-14(8-23-17)15-10(2)19-11(3)24-15/h4-9H,1-3H3,(H,20,21,22). The second kappa shape index (κ2) is 7.01. The zero-order valence-corrected chi connectivity index (χ0v) is 15.9. The van der Waals surface area contributed by atoms with Crippen molar-refractivity contribution >= 4 is 45.3 Å². The lowest BCUT2D eigenvalue weighted by Crippen LogP contribution is -2.18. The third-order valence-corrected chi connectivity index (χ3v) is 5.74. The number of carbonyl (C=O) groups is 1. The number of aromatic nitrogens is 2. The van der Waals surface area contributed by atoms with Gasteiger partial charge in [0.05, 0.1) is 27.2 Å². The molecule has 1 N–H and O–H groups in total. The zero-order chi connectivity index (χ0) is 17.3. The molecule has 0 aliphatic rings. The molecule has 3 aromatic rings. The van der Waals surface area contributed by atoms with Crippen LogP contribution in [-0.4, -0.2) is 15.9 Å². The molecule has 3 rings (SSSR count). The number of nitrogens with zero attached hydrogens (tertiary/aromatic N) is 2. The van der Waals surface area contributed by atoms with E-state index in [1.807, 2.05) is 38.3 Å². The number of rotatable bonds is 4. The molecule has 0 aliphatic carbocycles. The summed E-state index contributed by atoms with van der Waals surface area (Å²) in [6.07, 6.45) is 0. The van der Waals surface area contributed by atoms with Crippen LogP contribution in [0.4, 0.5) is 5.13 Å². The Morgan fingerprint density at radius 3 is 2.54 bits per heavy atom. The van der Waals surface area contributed by atoms with Gasteiger partial charge in [-0.15, -0.1) is 22.7 Å². The van der Waals surface area contributed by atoms with Gasteiger partial charge in [0.2, 0.25) is 5.91 Å². The third-order valence-electron chi connectivity index (χ3n) is 3.63. The number of hydrogen-bond acceptors (Lipinski definition) is 5. The van der Waals surface area contributed by atoms with Crippen molar-refractivity contribution in [1.82, 2.24) is 9.97 Å². The van der Waals surface area contributed by atoms with Crippen molar-refractivity contribution in [3.05, 3.63) is 50.9 Å². The molecule has 0 saturated heterocycles. The van der Waals surface area contributed by atoms with Gasteiger partial charge in [0.25, 0.3) is 0 Å². The van der Waals surface area contributed by atoms with Gasteiger partial charge in [-0.3, -0.25) is 4.79 Å². The maximum absolute atomic E-state index is 12.4.